The fourth-order valence-corrected chi connectivity index (χ4v) is 3.96. The molecule has 0 radical (unpaired) electrons. The third kappa shape index (κ3) is 6.20. The first-order valence-corrected chi connectivity index (χ1v) is 10.9. The van der Waals surface area contributed by atoms with Crippen LogP contribution in [0.5, 0.6) is 0 Å². The number of halogens is 1. The van der Waals surface area contributed by atoms with Crippen molar-refractivity contribution in [3.05, 3.63) is 63.7 Å². The molecular weight excluding hydrogens is 448 g/mol. The molecule has 1 amide bonds. The number of hydrogen-bond donors (Lipinski definition) is 0. The number of esters is 1. The number of anilines is 2. The van der Waals surface area contributed by atoms with Crippen molar-refractivity contribution in [1.82, 2.24) is 0 Å². The molecule has 33 heavy (non-hydrogen) atoms. The van der Waals surface area contributed by atoms with E-state index in [0.717, 1.165) is 0 Å². The van der Waals surface area contributed by atoms with Crippen LogP contribution in [-0.4, -0.2) is 43.0 Å². The largest absolute Gasteiger partial charge is 0.455 e. The zero-order valence-corrected chi connectivity index (χ0v) is 18.6. The molecular formula is C23H23ClN4O5. The van der Waals surface area contributed by atoms with E-state index in [4.69, 9.17) is 21.6 Å². The Kier molecular flexibility index (Phi) is 8.22. The van der Waals surface area contributed by atoms with Crippen LogP contribution in [0.1, 0.15) is 19.3 Å². The van der Waals surface area contributed by atoms with Crippen molar-refractivity contribution >= 4 is 40.5 Å². The smallest absolute Gasteiger partial charge is 0.309 e. The molecule has 0 N–H and O–H groups in total. The van der Waals surface area contributed by atoms with E-state index in [2.05, 4.69) is 0 Å². The number of nitro benzene ring substituents is 1. The maximum atomic E-state index is 12.7. The number of rotatable bonds is 8. The number of nitro groups is 1. The average molecular weight is 471 g/mol. The highest BCUT2D eigenvalue weighted by Gasteiger charge is 2.29. The number of nitrogens with zero attached hydrogens (tertiary/aromatic N) is 4. The topological polar surface area (TPSA) is 117 Å². The Balaban J connectivity index is 1.56. The monoisotopic (exact) mass is 470 g/mol. The van der Waals surface area contributed by atoms with Gasteiger partial charge in [-0.05, 0) is 37.1 Å². The second kappa shape index (κ2) is 11.3. The summed E-state index contributed by atoms with van der Waals surface area (Å²) in [6, 6.07) is 15.2. The molecule has 0 spiro atoms. The van der Waals surface area contributed by atoms with E-state index in [-0.39, 0.29) is 18.7 Å². The number of benzene rings is 2. The Morgan fingerprint density at radius 2 is 1.94 bits per heavy atom. The van der Waals surface area contributed by atoms with Crippen LogP contribution in [0.2, 0.25) is 5.02 Å². The van der Waals surface area contributed by atoms with E-state index in [9.17, 15) is 19.7 Å². The first-order chi connectivity index (χ1) is 15.9. The molecule has 1 saturated heterocycles. The Morgan fingerprint density at radius 1 is 1.21 bits per heavy atom. The summed E-state index contributed by atoms with van der Waals surface area (Å²) in [6.07, 6.45) is 1.05. The maximum Gasteiger partial charge on any atom is 0.309 e. The summed E-state index contributed by atoms with van der Waals surface area (Å²) in [7, 11) is 0. The molecule has 0 bridgehead atoms. The van der Waals surface area contributed by atoms with E-state index < -0.39 is 29.3 Å². The van der Waals surface area contributed by atoms with E-state index in [1.165, 1.54) is 11.0 Å². The van der Waals surface area contributed by atoms with Gasteiger partial charge in [0, 0.05) is 36.4 Å². The van der Waals surface area contributed by atoms with Gasteiger partial charge in [-0.1, -0.05) is 29.8 Å². The van der Waals surface area contributed by atoms with Gasteiger partial charge in [0.25, 0.3) is 11.6 Å². The van der Waals surface area contributed by atoms with Crippen LogP contribution < -0.4 is 9.80 Å². The van der Waals surface area contributed by atoms with Crippen molar-refractivity contribution in [3.63, 3.8) is 0 Å². The molecule has 1 fully saturated rings. The van der Waals surface area contributed by atoms with Crippen LogP contribution in [0.15, 0.2) is 48.5 Å². The zero-order valence-electron chi connectivity index (χ0n) is 17.9. The molecule has 1 heterocycles. The van der Waals surface area contributed by atoms with Crippen LogP contribution in [0.3, 0.4) is 0 Å². The number of piperidine rings is 1. The van der Waals surface area contributed by atoms with Gasteiger partial charge < -0.3 is 14.5 Å². The summed E-state index contributed by atoms with van der Waals surface area (Å²) in [5.74, 6) is -1.31. The van der Waals surface area contributed by atoms with E-state index in [0.29, 0.717) is 42.3 Å². The van der Waals surface area contributed by atoms with Gasteiger partial charge in [0.1, 0.15) is 5.69 Å². The summed E-state index contributed by atoms with van der Waals surface area (Å²) in [4.78, 5) is 39.4. The van der Waals surface area contributed by atoms with Gasteiger partial charge in [0.2, 0.25) is 0 Å². The zero-order chi connectivity index (χ0) is 23.8. The SMILES string of the molecule is N#CCCN(C(=O)COC(=O)C1CCN(c2ccccc2[N+](=O)[O-])CC1)c1cccc(Cl)c1. The maximum absolute atomic E-state index is 12.7. The molecule has 3 rings (SSSR count). The van der Waals surface area contributed by atoms with Gasteiger partial charge in [-0.2, -0.15) is 5.26 Å². The second-order valence-electron chi connectivity index (χ2n) is 7.55. The van der Waals surface area contributed by atoms with Gasteiger partial charge in [0.15, 0.2) is 6.61 Å². The molecule has 9 nitrogen and oxygen atoms in total. The molecule has 172 valence electrons. The minimum Gasteiger partial charge on any atom is -0.455 e. The van der Waals surface area contributed by atoms with E-state index in [1.807, 2.05) is 11.0 Å². The summed E-state index contributed by atoms with van der Waals surface area (Å²) < 4.78 is 5.29. The fraction of sp³-hybridized carbons (Fsp3) is 0.348. The molecule has 2 aromatic rings. The van der Waals surface area contributed by atoms with Crippen molar-refractivity contribution in [2.75, 3.05) is 36.0 Å². The normalized spacial score (nSPS) is 13.8. The molecule has 0 saturated carbocycles. The molecule has 1 aliphatic rings. The van der Waals surface area contributed by atoms with Crippen LogP contribution in [0.4, 0.5) is 17.1 Å². The van der Waals surface area contributed by atoms with Crippen LogP contribution in [0, 0.1) is 27.4 Å². The molecule has 0 aromatic heterocycles. The highest BCUT2D eigenvalue weighted by atomic mass is 35.5. The predicted molar refractivity (Wildman–Crippen MR) is 123 cm³/mol. The second-order valence-corrected chi connectivity index (χ2v) is 7.98. The van der Waals surface area contributed by atoms with Crippen LogP contribution in [-0.2, 0) is 14.3 Å². The lowest BCUT2D eigenvalue weighted by Crippen LogP contribution is -2.39. The Morgan fingerprint density at radius 3 is 2.61 bits per heavy atom. The molecule has 0 atom stereocenters. The van der Waals surface area contributed by atoms with Crippen molar-refractivity contribution < 1.29 is 19.2 Å². The Hall–Kier alpha value is -3.64. The predicted octanol–water partition coefficient (Wildman–Crippen LogP) is 3.95. The van der Waals surface area contributed by atoms with Gasteiger partial charge in [-0.3, -0.25) is 19.7 Å². The van der Waals surface area contributed by atoms with Gasteiger partial charge in [-0.25, -0.2) is 0 Å². The fourth-order valence-electron chi connectivity index (χ4n) is 3.77. The lowest BCUT2D eigenvalue weighted by atomic mass is 9.96. The summed E-state index contributed by atoms with van der Waals surface area (Å²) in [5.41, 5.74) is 1.08. The van der Waals surface area contributed by atoms with Gasteiger partial charge in [0.05, 0.1) is 23.3 Å². The Bertz CT molecular complexity index is 1060. The molecule has 2 aromatic carbocycles. The third-order valence-corrected chi connectivity index (χ3v) is 5.69. The quantitative estimate of drug-likeness (QED) is 0.325. The average Bonchev–Trinajstić information content (AvgIpc) is 2.83. The van der Waals surface area contributed by atoms with Crippen molar-refractivity contribution in [1.29, 1.82) is 5.26 Å². The van der Waals surface area contributed by atoms with Gasteiger partial charge >= 0.3 is 5.97 Å². The third-order valence-electron chi connectivity index (χ3n) is 5.45. The standard InChI is InChI=1S/C23H23ClN4O5/c24-18-5-3-6-19(15-18)27(12-4-11-25)22(29)16-33-23(30)17-9-13-26(14-10-17)20-7-1-2-8-21(20)28(31)32/h1-3,5-8,15,17H,4,9-10,12-14,16H2. The van der Waals surface area contributed by atoms with Crippen LogP contribution >= 0.6 is 11.6 Å². The van der Waals surface area contributed by atoms with E-state index in [1.54, 1.807) is 42.5 Å². The molecule has 0 aliphatic carbocycles. The van der Waals surface area contributed by atoms with E-state index >= 15 is 0 Å². The number of nitriles is 1. The number of hydrogen-bond acceptors (Lipinski definition) is 7. The highest BCUT2D eigenvalue weighted by Crippen LogP contribution is 2.31. The number of amides is 1. The van der Waals surface area contributed by atoms with Crippen LogP contribution in [0.25, 0.3) is 0 Å². The lowest BCUT2D eigenvalue weighted by molar-refractivity contribution is -0.384. The summed E-state index contributed by atoms with van der Waals surface area (Å²) in [6.45, 7) is 0.646. The Labute approximate surface area is 196 Å². The van der Waals surface area contributed by atoms with Crippen molar-refractivity contribution in [2.24, 2.45) is 5.92 Å². The summed E-state index contributed by atoms with van der Waals surface area (Å²) >= 11 is 6.01. The number of carbonyl (C=O) groups excluding carboxylic acids is 2. The lowest BCUT2D eigenvalue weighted by Gasteiger charge is -2.32. The molecule has 1 aliphatic heterocycles. The molecule has 0 unspecified atom stereocenters. The first kappa shape index (κ1) is 24.0. The number of carbonyl (C=O) groups is 2. The number of ether oxygens (including phenoxy) is 1. The van der Waals surface area contributed by atoms with Gasteiger partial charge in [-0.15, -0.1) is 0 Å². The number of para-hydroxylation sites is 2. The first-order valence-electron chi connectivity index (χ1n) is 10.5. The van der Waals surface area contributed by atoms with Crippen molar-refractivity contribution in [2.45, 2.75) is 19.3 Å². The highest BCUT2D eigenvalue weighted by molar-refractivity contribution is 6.30. The summed E-state index contributed by atoms with van der Waals surface area (Å²) in [5, 5.41) is 20.6. The molecule has 10 heteroatoms. The minimum absolute atomic E-state index is 0.0302. The minimum atomic E-state index is -0.475. The van der Waals surface area contributed by atoms with Crippen molar-refractivity contribution in [3.8, 4) is 6.07 Å².